The average Bonchev–Trinajstić information content (AvgIpc) is 2.89. The van der Waals surface area contributed by atoms with Crippen molar-refractivity contribution in [3.8, 4) is 0 Å². The molecule has 0 radical (unpaired) electrons. The van der Waals surface area contributed by atoms with Gasteiger partial charge in [-0.3, -0.25) is 0 Å². The molecule has 3 rings (SSSR count). The molecule has 0 saturated heterocycles. The van der Waals surface area contributed by atoms with Gasteiger partial charge in [-0.05, 0) is 36.9 Å². The van der Waals surface area contributed by atoms with E-state index in [0.717, 1.165) is 24.9 Å². The maximum atomic E-state index is 4.37. The number of rotatable bonds is 5. The third kappa shape index (κ3) is 3.21. The number of nitrogens with one attached hydrogen (secondary N) is 1. The van der Waals surface area contributed by atoms with Crippen LogP contribution in [0.2, 0.25) is 0 Å². The largest absolute Gasteiger partial charge is 0.313 e. The summed E-state index contributed by atoms with van der Waals surface area (Å²) >= 11 is 0. The lowest BCUT2D eigenvalue weighted by atomic mass is 9.81. The maximum absolute atomic E-state index is 4.37. The van der Waals surface area contributed by atoms with Gasteiger partial charge in [0.05, 0.1) is 11.7 Å². The molecule has 1 fully saturated rings. The standard InChI is InChI=1S/C17H25N3/c1-14-5-7-15(8-6-14)9-10-18-12-16-13-19-20-11-3-2-4-17(16)20/h2-4,11,13-15,18H,5-10,12H2,1H3. The van der Waals surface area contributed by atoms with Crippen LogP contribution >= 0.6 is 0 Å². The van der Waals surface area contributed by atoms with E-state index in [2.05, 4.69) is 29.5 Å². The Morgan fingerprint density at radius 3 is 2.95 bits per heavy atom. The van der Waals surface area contributed by atoms with E-state index in [1.807, 2.05) is 23.0 Å². The Hall–Kier alpha value is -1.35. The van der Waals surface area contributed by atoms with E-state index in [1.54, 1.807) is 0 Å². The zero-order valence-electron chi connectivity index (χ0n) is 12.4. The number of nitrogens with zero attached hydrogens (tertiary/aromatic N) is 2. The van der Waals surface area contributed by atoms with Crippen molar-refractivity contribution in [2.75, 3.05) is 6.54 Å². The van der Waals surface area contributed by atoms with E-state index < -0.39 is 0 Å². The van der Waals surface area contributed by atoms with E-state index in [4.69, 9.17) is 0 Å². The quantitative estimate of drug-likeness (QED) is 0.841. The minimum atomic E-state index is 0.927. The fraction of sp³-hybridized carbons (Fsp3) is 0.588. The Bertz CT molecular complexity index is 538. The molecule has 1 saturated carbocycles. The van der Waals surface area contributed by atoms with Gasteiger partial charge in [0.2, 0.25) is 0 Å². The molecule has 0 aromatic carbocycles. The summed E-state index contributed by atoms with van der Waals surface area (Å²) in [5.41, 5.74) is 2.51. The molecule has 108 valence electrons. The van der Waals surface area contributed by atoms with Crippen LogP contribution in [0.1, 0.15) is 44.6 Å². The molecule has 3 heteroatoms. The van der Waals surface area contributed by atoms with Crippen molar-refractivity contribution in [1.82, 2.24) is 14.9 Å². The van der Waals surface area contributed by atoms with Gasteiger partial charge in [0.25, 0.3) is 0 Å². The first-order valence-electron chi connectivity index (χ1n) is 7.95. The summed E-state index contributed by atoms with van der Waals surface area (Å²) < 4.78 is 1.94. The molecular formula is C17H25N3. The van der Waals surface area contributed by atoms with E-state index in [1.165, 1.54) is 43.2 Å². The minimum Gasteiger partial charge on any atom is -0.313 e. The second-order valence-electron chi connectivity index (χ2n) is 6.29. The maximum Gasteiger partial charge on any atom is 0.0706 e. The first-order valence-corrected chi connectivity index (χ1v) is 7.95. The molecule has 2 aromatic heterocycles. The third-order valence-corrected chi connectivity index (χ3v) is 4.69. The highest BCUT2D eigenvalue weighted by Crippen LogP contribution is 2.29. The average molecular weight is 271 g/mol. The Kier molecular flexibility index (Phi) is 4.36. The van der Waals surface area contributed by atoms with Crippen molar-refractivity contribution in [3.63, 3.8) is 0 Å². The molecule has 0 unspecified atom stereocenters. The highest BCUT2D eigenvalue weighted by Gasteiger charge is 2.17. The number of hydrogen-bond acceptors (Lipinski definition) is 2. The Morgan fingerprint density at radius 1 is 1.25 bits per heavy atom. The molecule has 1 aliphatic rings. The van der Waals surface area contributed by atoms with Crippen LogP contribution in [0.3, 0.4) is 0 Å². The lowest BCUT2D eigenvalue weighted by Crippen LogP contribution is -2.20. The van der Waals surface area contributed by atoms with Crippen molar-refractivity contribution in [2.45, 2.75) is 45.6 Å². The summed E-state index contributed by atoms with van der Waals surface area (Å²) in [6, 6.07) is 6.22. The zero-order valence-corrected chi connectivity index (χ0v) is 12.4. The van der Waals surface area contributed by atoms with Crippen LogP contribution in [0.4, 0.5) is 0 Å². The summed E-state index contributed by atoms with van der Waals surface area (Å²) in [6.45, 7) is 4.44. The van der Waals surface area contributed by atoms with Gasteiger partial charge in [0, 0.05) is 18.3 Å². The minimum absolute atomic E-state index is 0.927. The highest BCUT2D eigenvalue weighted by molar-refractivity contribution is 5.53. The number of hydrogen-bond donors (Lipinski definition) is 1. The molecule has 0 bridgehead atoms. The fourth-order valence-electron chi connectivity index (χ4n) is 3.27. The van der Waals surface area contributed by atoms with Crippen molar-refractivity contribution < 1.29 is 0 Å². The zero-order chi connectivity index (χ0) is 13.8. The third-order valence-electron chi connectivity index (χ3n) is 4.69. The van der Waals surface area contributed by atoms with Gasteiger partial charge in [0.1, 0.15) is 0 Å². The summed E-state index contributed by atoms with van der Waals surface area (Å²) in [4.78, 5) is 0. The lowest BCUT2D eigenvalue weighted by Gasteiger charge is -2.26. The molecule has 0 spiro atoms. The number of fused-ring (bicyclic) bond motifs is 1. The summed E-state index contributed by atoms with van der Waals surface area (Å²) in [5.74, 6) is 1.90. The molecule has 0 atom stereocenters. The van der Waals surface area contributed by atoms with Crippen LogP contribution in [0.5, 0.6) is 0 Å². The molecule has 3 nitrogen and oxygen atoms in total. The van der Waals surface area contributed by atoms with Crippen LogP contribution < -0.4 is 5.32 Å². The van der Waals surface area contributed by atoms with Gasteiger partial charge in [-0.15, -0.1) is 0 Å². The lowest BCUT2D eigenvalue weighted by molar-refractivity contribution is 0.275. The summed E-state index contributed by atoms with van der Waals surface area (Å²) in [7, 11) is 0. The molecule has 2 aromatic rings. The fourth-order valence-corrected chi connectivity index (χ4v) is 3.27. The summed E-state index contributed by atoms with van der Waals surface area (Å²) in [6.07, 6.45) is 11.0. The van der Waals surface area contributed by atoms with Crippen LogP contribution in [-0.2, 0) is 6.54 Å². The van der Waals surface area contributed by atoms with E-state index in [-0.39, 0.29) is 0 Å². The molecule has 20 heavy (non-hydrogen) atoms. The van der Waals surface area contributed by atoms with Gasteiger partial charge in [0.15, 0.2) is 0 Å². The highest BCUT2D eigenvalue weighted by atomic mass is 15.2. The van der Waals surface area contributed by atoms with Crippen molar-refractivity contribution in [3.05, 3.63) is 36.2 Å². The molecular weight excluding hydrogens is 246 g/mol. The van der Waals surface area contributed by atoms with Gasteiger partial charge in [-0.2, -0.15) is 5.10 Å². The first-order chi connectivity index (χ1) is 9.83. The molecule has 0 aliphatic heterocycles. The number of pyridine rings is 1. The van der Waals surface area contributed by atoms with Crippen LogP contribution in [0, 0.1) is 11.8 Å². The second kappa shape index (κ2) is 6.40. The topological polar surface area (TPSA) is 29.3 Å². The van der Waals surface area contributed by atoms with Crippen LogP contribution in [0.15, 0.2) is 30.6 Å². The van der Waals surface area contributed by atoms with E-state index >= 15 is 0 Å². The molecule has 1 aliphatic carbocycles. The Morgan fingerprint density at radius 2 is 2.10 bits per heavy atom. The molecule has 0 amide bonds. The Labute approximate surface area is 121 Å². The van der Waals surface area contributed by atoms with Gasteiger partial charge in [-0.25, -0.2) is 4.52 Å². The predicted octanol–water partition coefficient (Wildman–Crippen LogP) is 3.64. The van der Waals surface area contributed by atoms with E-state index in [0.29, 0.717) is 0 Å². The second-order valence-corrected chi connectivity index (χ2v) is 6.29. The van der Waals surface area contributed by atoms with Crippen molar-refractivity contribution >= 4 is 5.52 Å². The van der Waals surface area contributed by atoms with Crippen LogP contribution in [0.25, 0.3) is 5.52 Å². The van der Waals surface area contributed by atoms with Gasteiger partial charge < -0.3 is 5.32 Å². The number of aromatic nitrogens is 2. The van der Waals surface area contributed by atoms with Gasteiger partial charge >= 0.3 is 0 Å². The van der Waals surface area contributed by atoms with Crippen molar-refractivity contribution in [1.29, 1.82) is 0 Å². The normalized spacial score (nSPS) is 23.2. The van der Waals surface area contributed by atoms with Crippen LogP contribution in [-0.4, -0.2) is 16.2 Å². The summed E-state index contributed by atoms with van der Waals surface area (Å²) in [5, 5.41) is 7.96. The first kappa shape index (κ1) is 13.6. The smallest absolute Gasteiger partial charge is 0.0706 e. The van der Waals surface area contributed by atoms with E-state index in [9.17, 15) is 0 Å². The SMILES string of the molecule is CC1CCC(CCNCc2cnn3ccccc23)CC1. The molecule has 1 N–H and O–H groups in total. The van der Waals surface area contributed by atoms with Crippen molar-refractivity contribution in [2.24, 2.45) is 11.8 Å². The van der Waals surface area contributed by atoms with Gasteiger partial charge in [-0.1, -0.05) is 38.7 Å². The monoisotopic (exact) mass is 271 g/mol. The molecule has 2 heterocycles. The predicted molar refractivity (Wildman–Crippen MR) is 82.6 cm³/mol. The Balaban J connectivity index is 1.44.